The molecule has 0 N–H and O–H groups in total. The van der Waals surface area contributed by atoms with Gasteiger partial charge in [0.1, 0.15) is 0 Å². The smallest absolute Gasteiger partial charge is 0.261 e. The van der Waals surface area contributed by atoms with E-state index in [0.717, 1.165) is 5.56 Å². The van der Waals surface area contributed by atoms with Crippen molar-refractivity contribution in [2.75, 3.05) is 0 Å². The number of carbonyl (C=O) groups is 2. The van der Waals surface area contributed by atoms with Crippen LogP contribution >= 0.6 is 0 Å². The first-order valence-corrected chi connectivity index (χ1v) is 6.15. The highest BCUT2D eigenvalue weighted by Gasteiger charge is 2.34. The monoisotopic (exact) mass is 262 g/mol. The molecule has 0 aliphatic carbocycles. The number of carbonyl (C=O) groups excluding carboxylic acids is 2. The first-order chi connectivity index (χ1) is 9.70. The molecule has 3 rings (SSSR count). The summed E-state index contributed by atoms with van der Waals surface area (Å²) in [6.07, 6.45) is 0. The summed E-state index contributed by atoms with van der Waals surface area (Å²) in [4.78, 5) is 25.6. The van der Waals surface area contributed by atoms with Crippen molar-refractivity contribution in [2.24, 2.45) is 0 Å². The Labute approximate surface area is 115 Å². The van der Waals surface area contributed by atoms with Crippen molar-refractivity contribution in [3.05, 3.63) is 70.8 Å². The molecular formula is C16H10N2O2. The van der Waals surface area contributed by atoms with Crippen molar-refractivity contribution in [1.29, 1.82) is 5.26 Å². The van der Waals surface area contributed by atoms with Crippen molar-refractivity contribution in [2.45, 2.75) is 6.54 Å². The third kappa shape index (κ3) is 1.86. The van der Waals surface area contributed by atoms with Gasteiger partial charge in [0.05, 0.1) is 29.3 Å². The molecule has 2 aromatic carbocycles. The fraction of sp³-hybridized carbons (Fsp3) is 0.0625. The van der Waals surface area contributed by atoms with Crippen LogP contribution in [-0.4, -0.2) is 16.7 Å². The van der Waals surface area contributed by atoms with Crippen LogP contribution < -0.4 is 0 Å². The van der Waals surface area contributed by atoms with Crippen molar-refractivity contribution < 1.29 is 9.59 Å². The fourth-order valence-electron chi connectivity index (χ4n) is 2.30. The molecule has 0 radical (unpaired) electrons. The van der Waals surface area contributed by atoms with E-state index in [9.17, 15) is 9.59 Å². The Hall–Kier alpha value is -2.93. The quantitative estimate of drug-likeness (QED) is 0.780. The Kier molecular flexibility index (Phi) is 2.81. The lowest BCUT2D eigenvalue weighted by Gasteiger charge is -2.13. The number of imide groups is 1. The molecule has 1 aliphatic rings. The van der Waals surface area contributed by atoms with Gasteiger partial charge in [-0.2, -0.15) is 5.26 Å². The number of benzene rings is 2. The van der Waals surface area contributed by atoms with Crippen LogP contribution in [0, 0.1) is 11.3 Å². The van der Waals surface area contributed by atoms with E-state index in [-0.39, 0.29) is 18.4 Å². The molecular weight excluding hydrogens is 252 g/mol. The number of nitrogens with zero attached hydrogens (tertiary/aromatic N) is 2. The first-order valence-electron chi connectivity index (χ1n) is 6.15. The highest BCUT2D eigenvalue weighted by molar-refractivity contribution is 6.21. The lowest BCUT2D eigenvalue weighted by atomic mass is 10.1. The normalized spacial score (nSPS) is 13.2. The van der Waals surface area contributed by atoms with E-state index in [1.54, 1.807) is 48.5 Å². The lowest BCUT2D eigenvalue weighted by molar-refractivity contribution is 0.0642. The number of amides is 2. The highest BCUT2D eigenvalue weighted by Crippen LogP contribution is 2.24. The van der Waals surface area contributed by atoms with Crippen LogP contribution in [0.4, 0.5) is 0 Å². The highest BCUT2D eigenvalue weighted by atomic mass is 16.2. The van der Waals surface area contributed by atoms with E-state index in [2.05, 4.69) is 0 Å². The Morgan fingerprint density at radius 3 is 2.20 bits per heavy atom. The molecule has 1 heterocycles. The molecule has 2 aromatic rings. The molecule has 0 fully saturated rings. The molecule has 0 unspecified atom stereocenters. The summed E-state index contributed by atoms with van der Waals surface area (Å²) in [6, 6.07) is 15.7. The predicted octanol–water partition coefficient (Wildman–Crippen LogP) is 2.35. The van der Waals surface area contributed by atoms with Crippen LogP contribution in [0.25, 0.3) is 0 Å². The van der Waals surface area contributed by atoms with Crippen LogP contribution in [0.3, 0.4) is 0 Å². The molecule has 0 spiro atoms. The van der Waals surface area contributed by atoms with Gasteiger partial charge in [-0.25, -0.2) is 0 Å². The zero-order valence-electron chi connectivity index (χ0n) is 10.5. The van der Waals surface area contributed by atoms with E-state index in [1.165, 1.54) is 4.90 Å². The zero-order valence-corrected chi connectivity index (χ0v) is 10.5. The SMILES string of the molecule is N#Cc1cccc(CN2C(=O)c3ccccc3C2=O)c1. The van der Waals surface area contributed by atoms with Gasteiger partial charge in [0, 0.05) is 0 Å². The summed E-state index contributed by atoms with van der Waals surface area (Å²) in [5.41, 5.74) is 2.15. The predicted molar refractivity (Wildman–Crippen MR) is 71.8 cm³/mol. The van der Waals surface area contributed by atoms with Crippen molar-refractivity contribution in [3.63, 3.8) is 0 Å². The molecule has 0 saturated carbocycles. The van der Waals surface area contributed by atoms with Gasteiger partial charge < -0.3 is 0 Å². The lowest BCUT2D eigenvalue weighted by Crippen LogP contribution is -2.29. The minimum atomic E-state index is -0.284. The van der Waals surface area contributed by atoms with Crippen molar-refractivity contribution >= 4 is 11.8 Å². The summed E-state index contributed by atoms with van der Waals surface area (Å²) in [6.45, 7) is 0.182. The van der Waals surface area contributed by atoms with Gasteiger partial charge in [-0.15, -0.1) is 0 Å². The van der Waals surface area contributed by atoms with Gasteiger partial charge in [-0.05, 0) is 29.8 Å². The molecule has 0 saturated heterocycles. The van der Waals surface area contributed by atoms with Crippen LogP contribution in [0.2, 0.25) is 0 Å². The largest absolute Gasteiger partial charge is 0.270 e. The second-order valence-corrected chi connectivity index (χ2v) is 4.55. The molecule has 1 aliphatic heterocycles. The molecule has 4 nitrogen and oxygen atoms in total. The fourth-order valence-corrected chi connectivity index (χ4v) is 2.30. The molecule has 0 aromatic heterocycles. The number of nitriles is 1. The summed E-state index contributed by atoms with van der Waals surface area (Å²) < 4.78 is 0. The Morgan fingerprint density at radius 1 is 0.950 bits per heavy atom. The second-order valence-electron chi connectivity index (χ2n) is 4.55. The third-order valence-corrected chi connectivity index (χ3v) is 3.27. The minimum absolute atomic E-state index is 0.182. The maximum absolute atomic E-state index is 12.2. The van der Waals surface area contributed by atoms with Gasteiger partial charge >= 0.3 is 0 Å². The van der Waals surface area contributed by atoms with Crippen LogP contribution in [-0.2, 0) is 6.54 Å². The van der Waals surface area contributed by atoms with Gasteiger partial charge in [-0.3, -0.25) is 14.5 Å². The van der Waals surface area contributed by atoms with Gasteiger partial charge in [-0.1, -0.05) is 24.3 Å². The van der Waals surface area contributed by atoms with Crippen molar-refractivity contribution in [1.82, 2.24) is 4.90 Å². The van der Waals surface area contributed by atoms with Gasteiger partial charge in [0.15, 0.2) is 0 Å². The average molecular weight is 262 g/mol. The van der Waals surface area contributed by atoms with Gasteiger partial charge in [0.2, 0.25) is 0 Å². The zero-order chi connectivity index (χ0) is 14.1. The molecule has 20 heavy (non-hydrogen) atoms. The van der Waals surface area contributed by atoms with Crippen LogP contribution in [0.5, 0.6) is 0 Å². The number of rotatable bonds is 2. The van der Waals surface area contributed by atoms with E-state index >= 15 is 0 Å². The summed E-state index contributed by atoms with van der Waals surface area (Å²) in [5.74, 6) is -0.569. The summed E-state index contributed by atoms with van der Waals surface area (Å²) in [7, 11) is 0. The number of hydrogen-bond acceptors (Lipinski definition) is 3. The Bertz CT molecular complexity index is 724. The number of fused-ring (bicyclic) bond motifs is 1. The van der Waals surface area contributed by atoms with E-state index < -0.39 is 0 Å². The Balaban J connectivity index is 1.92. The third-order valence-electron chi connectivity index (χ3n) is 3.27. The maximum atomic E-state index is 12.2. The van der Waals surface area contributed by atoms with Gasteiger partial charge in [0.25, 0.3) is 11.8 Å². The first kappa shape index (κ1) is 12.1. The van der Waals surface area contributed by atoms with E-state index in [4.69, 9.17) is 5.26 Å². The van der Waals surface area contributed by atoms with Crippen LogP contribution in [0.1, 0.15) is 31.8 Å². The number of hydrogen-bond donors (Lipinski definition) is 0. The van der Waals surface area contributed by atoms with E-state index in [0.29, 0.717) is 16.7 Å². The molecule has 4 heteroatoms. The van der Waals surface area contributed by atoms with Crippen LogP contribution in [0.15, 0.2) is 48.5 Å². The molecule has 2 amide bonds. The molecule has 0 atom stereocenters. The minimum Gasteiger partial charge on any atom is -0.270 e. The maximum Gasteiger partial charge on any atom is 0.261 e. The molecule has 0 bridgehead atoms. The summed E-state index contributed by atoms with van der Waals surface area (Å²) in [5, 5.41) is 8.87. The second kappa shape index (κ2) is 4.63. The van der Waals surface area contributed by atoms with Crippen molar-refractivity contribution in [3.8, 4) is 6.07 Å². The summed E-state index contributed by atoms with van der Waals surface area (Å²) >= 11 is 0. The molecule has 96 valence electrons. The van der Waals surface area contributed by atoms with E-state index in [1.807, 2.05) is 6.07 Å². The topological polar surface area (TPSA) is 61.2 Å². The Morgan fingerprint density at radius 2 is 1.60 bits per heavy atom. The standard InChI is InChI=1S/C16H10N2O2/c17-9-11-4-3-5-12(8-11)10-18-15(19)13-6-1-2-7-14(13)16(18)20/h1-8H,10H2. The average Bonchev–Trinajstić information content (AvgIpc) is 2.73.